The van der Waals surface area contributed by atoms with Gasteiger partial charge in [-0.05, 0) is 41.1 Å². The zero-order valence-corrected chi connectivity index (χ0v) is 17.9. The van der Waals surface area contributed by atoms with Crippen molar-refractivity contribution in [1.82, 2.24) is 9.80 Å². The van der Waals surface area contributed by atoms with E-state index in [1.807, 2.05) is 42.6 Å². The number of thiophene rings is 1. The largest absolute Gasteiger partial charge is 0.347 e. The summed E-state index contributed by atoms with van der Waals surface area (Å²) in [4.78, 5) is 42.0. The predicted molar refractivity (Wildman–Crippen MR) is 115 cm³/mol. The molecule has 0 spiro atoms. The van der Waals surface area contributed by atoms with E-state index in [2.05, 4.69) is 5.32 Å². The van der Waals surface area contributed by atoms with E-state index < -0.39 is 6.04 Å². The molecule has 1 aliphatic heterocycles. The topological polar surface area (TPSA) is 69.7 Å². The van der Waals surface area contributed by atoms with Crippen LogP contribution in [0.4, 0.5) is 5.69 Å². The van der Waals surface area contributed by atoms with Crippen molar-refractivity contribution in [3.63, 3.8) is 0 Å². The molecule has 1 N–H and O–H groups in total. The van der Waals surface area contributed by atoms with Gasteiger partial charge in [-0.1, -0.05) is 19.1 Å². The van der Waals surface area contributed by atoms with Crippen LogP contribution in [0.5, 0.6) is 0 Å². The lowest BCUT2D eigenvalue weighted by Gasteiger charge is -2.37. The Bertz CT molecular complexity index is 893. The Hall–Kier alpha value is -2.67. The van der Waals surface area contributed by atoms with Gasteiger partial charge in [-0.15, -0.1) is 11.3 Å². The lowest BCUT2D eigenvalue weighted by atomic mass is 9.92. The average molecular weight is 414 g/mol. The molecule has 0 bridgehead atoms. The van der Waals surface area contributed by atoms with Crippen molar-refractivity contribution >= 4 is 34.7 Å². The molecule has 3 rings (SSSR count). The van der Waals surface area contributed by atoms with E-state index in [0.29, 0.717) is 19.4 Å². The van der Waals surface area contributed by atoms with Gasteiger partial charge in [0.15, 0.2) is 0 Å². The summed E-state index contributed by atoms with van der Waals surface area (Å²) in [5, 5.41) is 4.86. The number of fused-ring (bicyclic) bond motifs is 1. The number of carbonyl (C=O) groups is 3. The van der Waals surface area contributed by atoms with Crippen LogP contribution in [-0.4, -0.2) is 47.7 Å². The maximum absolute atomic E-state index is 13.1. The van der Waals surface area contributed by atoms with Gasteiger partial charge >= 0.3 is 0 Å². The van der Waals surface area contributed by atoms with E-state index >= 15 is 0 Å². The van der Waals surface area contributed by atoms with Crippen LogP contribution in [0.25, 0.3) is 0 Å². The average Bonchev–Trinajstić information content (AvgIpc) is 3.19. The molecule has 1 aliphatic rings. The number of hydrogen-bond donors (Lipinski definition) is 1. The molecule has 0 aliphatic carbocycles. The zero-order chi connectivity index (χ0) is 21.0. The summed E-state index contributed by atoms with van der Waals surface area (Å²) < 4.78 is 0. The molecule has 3 amide bonds. The number of benzene rings is 1. The highest BCUT2D eigenvalue weighted by Gasteiger charge is 2.35. The molecule has 1 atom stereocenters. The highest BCUT2D eigenvalue weighted by Crippen LogP contribution is 2.28. The molecule has 154 valence electrons. The van der Waals surface area contributed by atoms with Crippen molar-refractivity contribution in [1.29, 1.82) is 0 Å². The Balaban J connectivity index is 1.85. The van der Waals surface area contributed by atoms with Crippen molar-refractivity contribution in [2.45, 2.75) is 45.2 Å². The molecular weight excluding hydrogens is 386 g/mol. The minimum absolute atomic E-state index is 0.0189. The van der Waals surface area contributed by atoms with E-state index in [1.54, 1.807) is 35.2 Å². The van der Waals surface area contributed by atoms with E-state index in [0.717, 1.165) is 28.1 Å². The molecule has 7 heteroatoms. The third kappa shape index (κ3) is 5.03. The van der Waals surface area contributed by atoms with E-state index in [-0.39, 0.29) is 24.1 Å². The van der Waals surface area contributed by atoms with Crippen LogP contribution in [0.1, 0.15) is 35.8 Å². The first-order chi connectivity index (χ1) is 13.9. The number of likely N-dealkylation sites (N-methyl/N-ethyl adjacent to an activating group) is 1. The molecule has 29 heavy (non-hydrogen) atoms. The third-order valence-electron chi connectivity index (χ3n) is 5.05. The zero-order valence-electron chi connectivity index (χ0n) is 17.1. The van der Waals surface area contributed by atoms with Crippen molar-refractivity contribution in [2.75, 3.05) is 19.4 Å². The molecule has 1 aromatic heterocycles. The predicted octanol–water partition coefficient (Wildman–Crippen LogP) is 3.07. The number of anilines is 1. The Kier molecular flexibility index (Phi) is 6.69. The number of rotatable bonds is 6. The molecule has 0 saturated carbocycles. The van der Waals surface area contributed by atoms with Crippen molar-refractivity contribution in [2.24, 2.45) is 0 Å². The van der Waals surface area contributed by atoms with Gasteiger partial charge in [0.2, 0.25) is 17.7 Å². The Morgan fingerprint density at radius 2 is 2.00 bits per heavy atom. The lowest BCUT2D eigenvalue weighted by Crippen LogP contribution is -2.52. The standard InChI is InChI=1S/C22H27N3O3S/c1-4-6-20(26)23-17-9-8-15-12-19(22(28)24(2)3)25(14-16(15)11-17)21(27)13-18-7-5-10-29-18/h5,7-11,19H,4,6,12-14H2,1-3H3,(H,23,26)/t19-/m0/s1. The fraction of sp³-hybridized carbons (Fsp3) is 0.409. The van der Waals surface area contributed by atoms with E-state index in [4.69, 9.17) is 0 Å². The third-order valence-corrected chi connectivity index (χ3v) is 5.93. The van der Waals surface area contributed by atoms with Crippen LogP contribution in [-0.2, 0) is 33.8 Å². The Morgan fingerprint density at radius 3 is 2.66 bits per heavy atom. The van der Waals surface area contributed by atoms with Crippen LogP contribution in [0, 0.1) is 0 Å². The summed E-state index contributed by atoms with van der Waals surface area (Å²) >= 11 is 1.54. The smallest absolute Gasteiger partial charge is 0.245 e. The summed E-state index contributed by atoms with van der Waals surface area (Å²) in [5.74, 6) is -0.149. The number of carbonyl (C=O) groups excluding carboxylic acids is 3. The Labute approximate surface area is 175 Å². The normalized spacial score (nSPS) is 15.6. The van der Waals surface area contributed by atoms with Crippen LogP contribution >= 0.6 is 11.3 Å². The highest BCUT2D eigenvalue weighted by atomic mass is 32.1. The van der Waals surface area contributed by atoms with E-state index in [1.165, 1.54) is 0 Å². The monoisotopic (exact) mass is 413 g/mol. The van der Waals surface area contributed by atoms with Gasteiger partial charge in [0.05, 0.1) is 6.42 Å². The molecular formula is C22H27N3O3S. The van der Waals surface area contributed by atoms with Crippen LogP contribution in [0.3, 0.4) is 0 Å². The summed E-state index contributed by atoms with van der Waals surface area (Å²) in [6.07, 6.45) is 2.03. The summed E-state index contributed by atoms with van der Waals surface area (Å²) in [6, 6.07) is 9.09. The molecule has 2 aromatic rings. The molecule has 6 nitrogen and oxygen atoms in total. The summed E-state index contributed by atoms with van der Waals surface area (Å²) in [5.41, 5.74) is 2.74. The number of nitrogens with zero attached hydrogens (tertiary/aromatic N) is 2. The lowest BCUT2D eigenvalue weighted by molar-refractivity contribution is -0.145. The van der Waals surface area contributed by atoms with Crippen molar-refractivity contribution in [3.8, 4) is 0 Å². The molecule has 0 radical (unpaired) electrons. The Morgan fingerprint density at radius 1 is 1.21 bits per heavy atom. The summed E-state index contributed by atoms with van der Waals surface area (Å²) in [6.45, 7) is 2.33. The van der Waals surface area contributed by atoms with Crippen LogP contribution < -0.4 is 5.32 Å². The number of nitrogens with one attached hydrogen (secondary N) is 1. The number of amides is 3. The molecule has 0 fully saturated rings. The van der Waals surface area contributed by atoms with Gasteiger partial charge in [0, 0.05) is 44.0 Å². The van der Waals surface area contributed by atoms with Crippen molar-refractivity contribution < 1.29 is 14.4 Å². The molecule has 0 saturated heterocycles. The van der Waals surface area contributed by atoms with Gasteiger partial charge in [-0.25, -0.2) is 0 Å². The maximum Gasteiger partial charge on any atom is 0.245 e. The van der Waals surface area contributed by atoms with Gasteiger partial charge in [0.1, 0.15) is 6.04 Å². The molecule has 2 heterocycles. The second-order valence-electron chi connectivity index (χ2n) is 7.51. The quantitative estimate of drug-likeness (QED) is 0.791. The van der Waals surface area contributed by atoms with Crippen LogP contribution in [0.15, 0.2) is 35.7 Å². The highest BCUT2D eigenvalue weighted by molar-refractivity contribution is 7.10. The number of hydrogen-bond acceptors (Lipinski definition) is 4. The SMILES string of the molecule is CCCC(=O)Nc1ccc2c(c1)CN(C(=O)Cc1cccs1)[C@H](C(=O)N(C)C)C2. The minimum atomic E-state index is -0.509. The van der Waals surface area contributed by atoms with Crippen molar-refractivity contribution in [3.05, 3.63) is 51.7 Å². The van der Waals surface area contributed by atoms with Gasteiger partial charge in [-0.2, -0.15) is 0 Å². The fourth-order valence-electron chi connectivity index (χ4n) is 3.56. The van der Waals surface area contributed by atoms with Gasteiger partial charge in [0.25, 0.3) is 0 Å². The minimum Gasteiger partial charge on any atom is -0.347 e. The fourth-order valence-corrected chi connectivity index (χ4v) is 4.25. The first kappa shape index (κ1) is 21.0. The first-order valence-electron chi connectivity index (χ1n) is 9.83. The first-order valence-corrected chi connectivity index (χ1v) is 10.7. The van der Waals surface area contributed by atoms with Gasteiger partial charge in [-0.3, -0.25) is 14.4 Å². The second kappa shape index (κ2) is 9.22. The molecule has 0 unspecified atom stereocenters. The second-order valence-corrected chi connectivity index (χ2v) is 8.54. The maximum atomic E-state index is 13.1. The van der Waals surface area contributed by atoms with Crippen LogP contribution in [0.2, 0.25) is 0 Å². The van der Waals surface area contributed by atoms with Gasteiger partial charge < -0.3 is 15.1 Å². The summed E-state index contributed by atoms with van der Waals surface area (Å²) in [7, 11) is 3.43. The molecule has 1 aromatic carbocycles. The van der Waals surface area contributed by atoms with E-state index in [9.17, 15) is 14.4 Å².